The molecule has 1 amide bonds. The van der Waals surface area contributed by atoms with Gasteiger partial charge in [-0.25, -0.2) is 0 Å². The van der Waals surface area contributed by atoms with Gasteiger partial charge in [0.1, 0.15) is 0 Å². The van der Waals surface area contributed by atoms with E-state index < -0.39 is 6.04 Å². The van der Waals surface area contributed by atoms with Crippen LogP contribution in [0.5, 0.6) is 0 Å². The average molecular weight is 368 g/mol. The van der Waals surface area contributed by atoms with Gasteiger partial charge in [-0.05, 0) is 30.2 Å². The van der Waals surface area contributed by atoms with Crippen molar-refractivity contribution in [3.05, 3.63) is 59.1 Å². The van der Waals surface area contributed by atoms with E-state index in [0.29, 0.717) is 23.7 Å². The topological polar surface area (TPSA) is 67.2 Å². The van der Waals surface area contributed by atoms with Crippen molar-refractivity contribution in [1.29, 1.82) is 0 Å². The molecule has 130 valence electrons. The number of carbonyl (C=O) groups excluding carboxylic acids is 1. The minimum absolute atomic E-state index is 0. The summed E-state index contributed by atoms with van der Waals surface area (Å²) in [5.74, 6) is -0.187. The first-order valence-electron chi connectivity index (χ1n) is 7.74. The van der Waals surface area contributed by atoms with E-state index in [0.717, 1.165) is 12.1 Å². The predicted molar refractivity (Wildman–Crippen MR) is 104 cm³/mol. The van der Waals surface area contributed by atoms with Crippen LogP contribution >= 0.6 is 24.0 Å². The SMILES string of the molecule is CCCC(N)C(=O)Nc1ccc(NCc2ccccc2)c(Cl)c1.Cl. The van der Waals surface area contributed by atoms with E-state index in [-0.39, 0.29) is 18.3 Å². The van der Waals surface area contributed by atoms with Crippen molar-refractivity contribution >= 4 is 41.3 Å². The lowest BCUT2D eigenvalue weighted by atomic mass is 10.1. The number of hydrogen-bond acceptors (Lipinski definition) is 3. The highest BCUT2D eigenvalue weighted by Gasteiger charge is 2.12. The number of nitrogens with one attached hydrogen (secondary N) is 2. The molecule has 0 saturated carbocycles. The maximum atomic E-state index is 11.9. The summed E-state index contributed by atoms with van der Waals surface area (Å²) in [6.45, 7) is 2.69. The highest BCUT2D eigenvalue weighted by molar-refractivity contribution is 6.33. The predicted octanol–water partition coefficient (Wildman–Crippen LogP) is 4.44. The molecule has 0 saturated heterocycles. The maximum absolute atomic E-state index is 11.9. The number of hydrogen-bond donors (Lipinski definition) is 3. The third kappa shape index (κ3) is 6.04. The molecule has 0 heterocycles. The lowest BCUT2D eigenvalue weighted by Crippen LogP contribution is -2.35. The number of amides is 1. The van der Waals surface area contributed by atoms with Crippen molar-refractivity contribution in [3.8, 4) is 0 Å². The van der Waals surface area contributed by atoms with Gasteiger partial charge in [-0.3, -0.25) is 4.79 Å². The van der Waals surface area contributed by atoms with Gasteiger partial charge < -0.3 is 16.4 Å². The van der Waals surface area contributed by atoms with Crippen LogP contribution < -0.4 is 16.4 Å². The molecule has 0 bridgehead atoms. The van der Waals surface area contributed by atoms with E-state index in [2.05, 4.69) is 10.6 Å². The van der Waals surface area contributed by atoms with E-state index in [9.17, 15) is 4.79 Å². The van der Waals surface area contributed by atoms with Gasteiger partial charge >= 0.3 is 0 Å². The molecule has 0 radical (unpaired) electrons. The minimum atomic E-state index is -0.491. The van der Waals surface area contributed by atoms with Crippen LogP contribution in [-0.2, 0) is 11.3 Å². The zero-order valence-electron chi connectivity index (χ0n) is 13.6. The fourth-order valence-electron chi connectivity index (χ4n) is 2.21. The zero-order chi connectivity index (χ0) is 16.7. The lowest BCUT2D eigenvalue weighted by molar-refractivity contribution is -0.117. The van der Waals surface area contributed by atoms with Crippen molar-refractivity contribution in [2.24, 2.45) is 5.73 Å². The van der Waals surface area contributed by atoms with Gasteiger partial charge in [0.25, 0.3) is 0 Å². The number of carbonyl (C=O) groups is 1. The third-order valence-corrected chi connectivity index (χ3v) is 3.81. The zero-order valence-corrected chi connectivity index (χ0v) is 15.2. The first-order chi connectivity index (χ1) is 11.1. The van der Waals surface area contributed by atoms with Crippen LogP contribution in [0, 0.1) is 0 Å². The molecule has 1 unspecified atom stereocenters. The molecule has 2 aromatic carbocycles. The van der Waals surface area contributed by atoms with Crippen molar-refractivity contribution in [1.82, 2.24) is 0 Å². The van der Waals surface area contributed by atoms with Crippen molar-refractivity contribution in [2.45, 2.75) is 32.4 Å². The van der Waals surface area contributed by atoms with Gasteiger partial charge in [0.15, 0.2) is 0 Å². The van der Waals surface area contributed by atoms with Crippen LogP contribution in [0.4, 0.5) is 11.4 Å². The smallest absolute Gasteiger partial charge is 0.241 e. The lowest BCUT2D eigenvalue weighted by Gasteiger charge is -2.13. The number of halogens is 2. The first-order valence-corrected chi connectivity index (χ1v) is 8.11. The fourth-order valence-corrected chi connectivity index (χ4v) is 2.45. The van der Waals surface area contributed by atoms with Crippen LogP contribution in [0.25, 0.3) is 0 Å². The Labute approximate surface area is 154 Å². The van der Waals surface area contributed by atoms with Crippen LogP contribution in [0.1, 0.15) is 25.3 Å². The molecule has 0 spiro atoms. The van der Waals surface area contributed by atoms with E-state index in [4.69, 9.17) is 17.3 Å². The summed E-state index contributed by atoms with van der Waals surface area (Å²) in [5.41, 5.74) is 8.45. The molecule has 1 atom stereocenters. The Morgan fingerprint density at radius 2 is 1.92 bits per heavy atom. The monoisotopic (exact) mass is 367 g/mol. The summed E-state index contributed by atoms with van der Waals surface area (Å²) >= 11 is 6.27. The number of rotatable bonds is 7. The van der Waals surface area contributed by atoms with Crippen molar-refractivity contribution < 1.29 is 4.79 Å². The van der Waals surface area contributed by atoms with Gasteiger partial charge in [0.05, 0.1) is 16.8 Å². The highest BCUT2D eigenvalue weighted by Crippen LogP contribution is 2.26. The first kappa shape index (κ1) is 20.3. The Hall–Kier alpha value is -1.75. The molecule has 0 aliphatic rings. The standard InChI is InChI=1S/C18H22ClN3O.ClH/c1-2-6-16(20)18(23)22-14-9-10-17(15(19)11-14)21-12-13-7-4-3-5-8-13;/h3-5,7-11,16,21H,2,6,12,20H2,1H3,(H,22,23);1H. The molecular formula is C18H23Cl2N3O. The van der Waals surface area contributed by atoms with Gasteiger partial charge in [0, 0.05) is 12.2 Å². The quantitative estimate of drug-likeness (QED) is 0.677. The molecule has 24 heavy (non-hydrogen) atoms. The van der Waals surface area contributed by atoms with Crippen LogP contribution in [0.2, 0.25) is 5.02 Å². The number of anilines is 2. The Morgan fingerprint density at radius 3 is 2.54 bits per heavy atom. The van der Waals surface area contributed by atoms with E-state index in [1.54, 1.807) is 6.07 Å². The molecule has 4 nitrogen and oxygen atoms in total. The maximum Gasteiger partial charge on any atom is 0.241 e. The molecule has 0 fully saturated rings. The van der Waals surface area contributed by atoms with E-state index in [1.807, 2.05) is 49.4 Å². The fraction of sp³-hybridized carbons (Fsp3) is 0.278. The molecule has 0 aliphatic carbocycles. The largest absolute Gasteiger partial charge is 0.380 e. The summed E-state index contributed by atoms with van der Waals surface area (Å²) in [4.78, 5) is 11.9. The van der Waals surface area contributed by atoms with Crippen LogP contribution in [-0.4, -0.2) is 11.9 Å². The summed E-state index contributed by atoms with van der Waals surface area (Å²) in [6.07, 6.45) is 1.54. The second kappa shape index (κ2) is 10.2. The summed E-state index contributed by atoms with van der Waals surface area (Å²) in [7, 11) is 0. The van der Waals surface area contributed by atoms with Crippen LogP contribution in [0.15, 0.2) is 48.5 Å². The minimum Gasteiger partial charge on any atom is -0.380 e. The van der Waals surface area contributed by atoms with Gasteiger partial charge in [-0.2, -0.15) is 0 Å². The summed E-state index contributed by atoms with van der Waals surface area (Å²) in [5, 5.41) is 6.63. The second-order valence-electron chi connectivity index (χ2n) is 5.42. The Kier molecular flexibility index (Phi) is 8.61. The Balaban J connectivity index is 0.00000288. The van der Waals surface area contributed by atoms with Crippen molar-refractivity contribution in [3.63, 3.8) is 0 Å². The number of benzene rings is 2. The van der Waals surface area contributed by atoms with Gasteiger partial charge in [-0.1, -0.05) is 55.3 Å². The molecule has 2 rings (SSSR count). The normalized spacial score (nSPS) is 11.3. The molecule has 0 aromatic heterocycles. The average Bonchev–Trinajstić information content (AvgIpc) is 2.55. The molecule has 6 heteroatoms. The molecule has 0 aliphatic heterocycles. The molecule has 4 N–H and O–H groups in total. The summed E-state index contributed by atoms with van der Waals surface area (Å²) < 4.78 is 0. The van der Waals surface area contributed by atoms with Crippen molar-refractivity contribution in [2.75, 3.05) is 10.6 Å². The van der Waals surface area contributed by atoms with Crippen LogP contribution in [0.3, 0.4) is 0 Å². The Morgan fingerprint density at radius 1 is 1.21 bits per heavy atom. The Bertz CT molecular complexity index is 650. The second-order valence-corrected chi connectivity index (χ2v) is 5.83. The third-order valence-electron chi connectivity index (χ3n) is 3.50. The van der Waals surface area contributed by atoms with Gasteiger partial charge in [0.2, 0.25) is 5.91 Å². The highest BCUT2D eigenvalue weighted by atomic mass is 35.5. The van der Waals surface area contributed by atoms with E-state index >= 15 is 0 Å². The van der Waals surface area contributed by atoms with E-state index in [1.165, 1.54) is 5.56 Å². The molecular weight excluding hydrogens is 345 g/mol. The molecule has 2 aromatic rings. The van der Waals surface area contributed by atoms with Gasteiger partial charge in [-0.15, -0.1) is 12.4 Å². The number of nitrogens with two attached hydrogens (primary N) is 1. The summed E-state index contributed by atoms with van der Waals surface area (Å²) in [6, 6.07) is 15.0.